The van der Waals surface area contributed by atoms with E-state index in [-0.39, 0.29) is 23.0 Å². The molecule has 1 N–H and O–H groups in total. The van der Waals surface area contributed by atoms with Gasteiger partial charge in [-0.05, 0) is 61.0 Å². The van der Waals surface area contributed by atoms with E-state index in [9.17, 15) is 18.3 Å². The van der Waals surface area contributed by atoms with E-state index in [0.717, 1.165) is 43.4 Å². The Bertz CT molecular complexity index is 635. The molecular formula is C22H35F3O2Si. The second kappa shape index (κ2) is 8.48. The fourth-order valence-corrected chi connectivity index (χ4v) is 4.93. The first kappa shape index (κ1) is 23.4. The first-order chi connectivity index (χ1) is 12.8. The number of hydrogen-bond donors (Lipinski definition) is 1. The summed E-state index contributed by atoms with van der Waals surface area (Å²) in [6.07, 6.45) is 0.300. The zero-order valence-corrected chi connectivity index (χ0v) is 18.8. The molecule has 1 fully saturated rings. The molecule has 1 aromatic carbocycles. The van der Waals surface area contributed by atoms with Crippen molar-refractivity contribution in [3.63, 3.8) is 0 Å². The molecule has 0 amide bonds. The Morgan fingerprint density at radius 1 is 1.11 bits per heavy atom. The number of rotatable bonds is 6. The van der Waals surface area contributed by atoms with Gasteiger partial charge in [-0.3, -0.25) is 0 Å². The summed E-state index contributed by atoms with van der Waals surface area (Å²) in [6, 6.07) is 5.40. The van der Waals surface area contributed by atoms with Crippen molar-refractivity contribution in [3.8, 4) is 0 Å². The summed E-state index contributed by atoms with van der Waals surface area (Å²) in [4.78, 5) is 0. The first-order valence-corrected chi connectivity index (χ1v) is 13.1. The largest absolute Gasteiger partial charge is 0.417 e. The maximum Gasteiger partial charge on any atom is 0.416 e. The van der Waals surface area contributed by atoms with Gasteiger partial charge >= 0.3 is 6.18 Å². The summed E-state index contributed by atoms with van der Waals surface area (Å²) in [7, 11) is -1.89. The van der Waals surface area contributed by atoms with Gasteiger partial charge in [0, 0.05) is 18.6 Å². The van der Waals surface area contributed by atoms with Crippen molar-refractivity contribution in [1.82, 2.24) is 0 Å². The quantitative estimate of drug-likeness (QED) is 0.541. The molecule has 0 bridgehead atoms. The zero-order chi connectivity index (χ0) is 21.2. The SMILES string of the molecule is CC(C)(C)[Si](C)(C)OCC1CCCCC1(CO)Cc1ccc(C(F)(F)F)cc1. The summed E-state index contributed by atoms with van der Waals surface area (Å²) in [6.45, 7) is 11.8. The van der Waals surface area contributed by atoms with Gasteiger partial charge in [-0.15, -0.1) is 0 Å². The van der Waals surface area contributed by atoms with Crippen molar-refractivity contribution >= 4 is 8.32 Å². The van der Waals surface area contributed by atoms with Crippen LogP contribution in [0.25, 0.3) is 0 Å². The number of hydrogen-bond acceptors (Lipinski definition) is 2. The molecule has 0 aromatic heterocycles. The maximum atomic E-state index is 12.8. The van der Waals surface area contributed by atoms with E-state index in [1.807, 2.05) is 0 Å². The lowest BCUT2D eigenvalue weighted by Gasteiger charge is -2.45. The molecule has 0 heterocycles. The van der Waals surface area contributed by atoms with E-state index < -0.39 is 20.1 Å². The highest BCUT2D eigenvalue weighted by atomic mass is 28.4. The molecule has 0 aliphatic heterocycles. The van der Waals surface area contributed by atoms with Gasteiger partial charge in [-0.2, -0.15) is 13.2 Å². The molecule has 1 aliphatic carbocycles. The van der Waals surface area contributed by atoms with Crippen LogP contribution in [-0.2, 0) is 17.0 Å². The number of halogens is 3. The highest BCUT2D eigenvalue weighted by Gasteiger charge is 2.43. The lowest BCUT2D eigenvalue weighted by atomic mass is 9.64. The fourth-order valence-electron chi connectivity index (χ4n) is 3.88. The van der Waals surface area contributed by atoms with Gasteiger partial charge in [-0.25, -0.2) is 0 Å². The smallest absolute Gasteiger partial charge is 0.416 e. The number of aliphatic hydroxyl groups is 1. The molecule has 1 aliphatic rings. The topological polar surface area (TPSA) is 29.5 Å². The molecule has 1 aromatic rings. The van der Waals surface area contributed by atoms with Crippen LogP contribution >= 0.6 is 0 Å². The molecule has 0 spiro atoms. The zero-order valence-electron chi connectivity index (χ0n) is 17.8. The molecular weight excluding hydrogens is 381 g/mol. The van der Waals surface area contributed by atoms with Crippen LogP contribution in [0.15, 0.2) is 24.3 Å². The van der Waals surface area contributed by atoms with Gasteiger partial charge in [0.05, 0.1) is 5.56 Å². The molecule has 2 rings (SSSR count). The van der Waals surface area contributed by atoms with E-state index >= 15 is 0 Å². The summed E-state index contributed by atoms with van der Waals surface area (Å²) in [5, 5.41) is 10.4. The molecule has 6 heteroatoms. The number of alkyl halides is 3. The van der Waals surface area contributed by atoms with E-state index in [0.29, 0.717) is 13.0 Å². The molecule has 2 atom stereocenters. The maximum absolute atomic E-state index is 12.8. The highest BCUT2D eigenvalue weighted by molar-refractivity contribution is 6.74. The Hall–Kier alpha value is -0.853. The van der Waals surface area contributed by atoms with Gasteiger partial charge in [-0.1, -0.05) is 45.7 Å². The molecule has 2 unspecified atom stereocenters. The van der Waals surface area contributed by atoms with Gasteiger partial charge in [0.1, 0.15) is 0 Å². The average molecular weight is 417 g/mol. The van der Waals surface area contributed by atoms with E-state index in [1.165, 1.54) is 0 Å². The second-order valence-corrected chi connectivity index (χ2v) is 14.7. The minimum atomic E-state index is -4.32. The molecule has 28 heavy (non-hydrogen) atoms. The average Bonchev–Trinajstić information content (AvgIpc) is 2.59. The van der Waals surface area contributed by atoms with Gasteiger partial charge in [0.25, 0.3) is 0 Å². The van der Waals surface area contributed by atoms with Crippen molar-refractivity contribution in [2.45, 2.75) is 77.2 Å². The van der Waals surface area contributed by atoms with E-state index in [4.69, 9.17) is 4.43 Å². The summed E-state index contributed by atoms with van der Waals surface area (Å²) in [5.41, 5.74) is -0.0996. The van der Waals surface area contributed by atoms with E-state index in [1.54, 1.807) is 12.1 Å². The van der Waals surface area contributed by atoms with Crippen LogP contribution < -0.4 is 0 Å². The standard InChI is InChI=1S/C22H35F3O2Si/c1-20(2,3)28(4,5)27-15-19-8-6-7-13-21(19,16-26)14-17-9-11-18(12-10-17)22(23,24)25/h9-12,19,26H,6-8,13-16H2,1-5H3. The lowest BCUT2D eigenvalue weighted by Crippen LogP contribution is -2.46. The Balaban J connectivity index is 2.17. The minimum absolute atomic E-state index is 0.0412. The Morgan fingerprint density at radius 3 is 2.21 bits per heavy atom. The number of aliphatic hydroxyl groups excluding tert-OH is 1. The lowest BCUT2D eigenvalue weighted by molar-refractivity contribution is -0.137. The van der Waals surface area contributed by atoms with Crippen LogP contribution in [-0.4, -0.2) is 26.6 Å². The van der Waals surface area contributed by atoms with E-state index in [2.05, 4.69) is 33.9 Å². The molecule has 160 valence electrons. The predicted molar refractivity (Wildman–Crippen MR) is 110 cm³/mol. The van der Waals surface area contributed by atoms with Crippen LogP contribution in [0.3, 0.4) is 0 Å². The van der Waals surface area contributed by atoms with Gasteiger partial charge < -0.3 is 9.53 Å². The van der Waals surface area contributed by atoms with Crippen molar-refractivity contribution in [3.05, 3.63) is 35.4 Å². The molecule has 2 nitrogen and oxygen atoms in total. The third kappa shape index (κ3) is 5.39. The van der Waals surface area contributed by atoms with Gasteiger partial charge in [0.15, 0.2) is 8.32 Å². The Morgan fingerprint density at radius 2 is 1.71 bits per heavy atom. The third-order valence-electron chi connectivity index (χ3n) is 6.95. The van der Waals surface area contributed by atoms with Crippen molar-refractivity contribution in [2.75, 3.05) is 13.2 Å². The monoisotopic (exact) mass is 416 g/mol. The Labute approximate surface area is 168 Å². The second-order valence-electron chi connectivity index (χ2n) is 9.91. The Kier molecular flexibility index (Phi) is 7.10. The van der Waals surface area contributed by atoms with Crippen LogP contribution in [0.2, 0.25) is 18.1 Å². The van der Waals surface area contributed by atoms with Crippen LogP contribution in [0.4, 0.5) is 13.2 Å². The van der Waals surface area contributed by atoms with Gasteiger partial charge in [0.2, 0.25) is 0 Å². The summed E-state index contributed by atoms with van der Waals surface area (Å²) in [5.74, 6) is 0.225. The highest BCUT2D eigenvalue weighted by Crippen LogP contribution is 2.45. The van der Waals surface area contributed by atoms with Crippen molar-refractivity contribution in [2.24, 2.45) is 11.3 Å². The molecule has 1 saturated carbocycles. The minimum Gasteiger partial charge on any atom is -0.417 e. The fraction of sp³-hybridized carbons (Fsp3) is 0.727. The summed E-state index contributed by atoms with van der Waals surface area (Å²) < 4.78 is 45.0. The third-order valence-corrected chi connectivity index (χ3v) is 11.4. The van der Waals surface area contributed by atoms with Crippen LogP contribution in [0, 0.1) is 11.3 Å². The van der Waals surface area contributed by atoms with Crippen LogP contribution in [0.1, 0.15) is 57.6 Å². The predicted octanol–water partition coefficient (Wildman–Crippen LogP) is 6.44. The normalized spacial score (nSPS) is 24.4. The first-order valence-electron chi connectivity index (χ1n) is 10.2. The van der Waals surface area contributed by atoms with Crippen molar-refractivity contribution in [1.29, 1.82) is 0 Å². The summed E-state index contributed by atoms with van der Waals surface area (Å²) >= 11 is 0. The van der Waals surface area contributed by atoms with Crippen molar-refractivity contribution < 1.29 is 22.7 Å². The molecule has 0 radical (unpaired) electrons. The van der Waals surface area contributed by atoms with Crippen LogP contribution in [0.5, 0.6) is 0 Å². The molecule has 0 saturated heterocycles. The number of benzene rings is 1.